The van der Waals surface area contributed by atoms with E-state index in [2.05, 4.69) is 44.9 Å². The molecule has 0 heterocycles. The second-order valence-corrected chi connectivity index (χ2v) is 5.48. The van der Waals surface area contributed by atoms with Gasteiger partial charge in [0, 0.05) is 12.1 Å². The van der Waals surface area contributed by atoms with Crippen LogP contribution in [0.2, 0.25) is 0 Å². The Balaban J connectivity index is 2.70. The lowest BCUT2D eigenvalue weighted by Gasteiger charge is -2.34. The molecule has 0 spiro atoms. The van der Waals surface area contributed by atoms with Crippen molar-refractivity contribution in [1.82, 2.24) is 4.90 Å². The number of nitrogens with zero attached hydrogens (tertiary/aromatic N) is 1. The standard InChI is InChI=1S/C16H28N2O/c1-12(11-17)14(3)18(4)13(2)10-15-8-6-7-9-16(15)19-5/h6-9,12-14H,10-11,17H2,1-5H3. The van der Waals surface area contributed by atoms with Crippen molar-refractivity contribution >= 4 is 0 Å². The Hall–Kier alpha value is -1.06. The van der Waals surface area contributed by atoms with E-state index in [4.69, 9.17) is 10.5 Å². The first kappa shape index (κ1) is 16.0. The van der Waals surface area contributed by atoms with Crippen molar-refractivity contribution < 1.29 is 4.74 Å². The summed E-state index contributed by atoms with van der Waals surface area (Å²) in [7, 11) is 3.91. The lowest BCUT2D eigenvalue weighted by molar-refractivity contribution is 0.152. The molecule has 19 heavy (non-hydrogen) atoms. The lowest BCUT2D eigenvalue weighted by Crippen LogP contribution is -2.43. The highest BCUT2D eigenvalue weighted by Crippen LogP contribution is 2.21. The number of likely N-dealkylation sites (N-methyl/N-ethyl adjacent to an activating group) is 1. The number of methoxy groups -OCH3 is 1. The van der Waals surface area contributed by atoms with Crippen molar-refractivity contribution in [3.63, 3.8) is 0 Å². The molecule has 0 saturated carbocycles. The maximum absolute atomic E-state index is 5.76. The summed E-state index contributed by atoms with van der Waals surface area (Å²) in [6.45, 7) is 7.44. The number of nitrogens with two attached hydrogens (primary N) is 1. The van der Waals surface area contributed by atoms with Crippen LogP contribution in [-0.4, -0.2) is 37.7 Å². The Morgan fingerprint density at radius 2 is 1.84 bits per heavy atom. The van der Waals surface area contributed by atoms with Gasteiger partial charge in [-0.2, -0.15) is 0 Å². The fraction of sp³-hybridized carbons (Fsp3) is 0.625. The van der Waals surface area contributed by atoms with E-state index in [1.165, 1.54) is 5.56 Å². The van der Waals surface area contributed by atoms with Crippen LogP contribution in [0.15, 0.2) is 24.3 Å². The fourth-order valence-electron chi connectivity index (χ4n) is 2.33. The molecule has 0 amide bonds. The van der Waals surface area contributed by atoms with Gasteiger partial charge in [-0.25, -0.2) is 0 Å². The van der Waals surface area contributed by atoms with E-state index in [1.54, 1.807) is 7.11 Å². The molecule has 1 aromatic carbocycles. The normalized spacial score (nSPS) is 16.2. The van der Waals surface area contributed by atoms with Gasteiger partial charge < -0.3 is 15.4 Å². The minimum atomic E-state index is 0.459. The number of hydrogen-bond donors (Lipinski definition) is 1. The zero-order chi connectivity index (χ0) is 14.4. The molecule has 0 fully saturated rings. The topological polar surface area (TPSA) is 38.5 Å². The maximum atomic E-state index is 5.76. The van der Waals surface area contributed by atoms with Gasteiger partial charge in [0.2, 0.25) is 0 Å². The second-order valence-electron chi connectivity index (χ2n) is 5.48. The van der Waals surface area contributed by atoms with Gasteiger partial charge in [0.15, 0.2) is 0 Å². The number of rotatable bonds is 7. The molecule has 0 radical (unpaired) electrons. The molecule has 108 valence electrons. The van der Waals surface area contributed by atoms with Crippen molar-refractivity contribution in [3.8, 4) is 5.75 Å². The van der Waals surface area contributed by atoms with Gasteiger partial charge in [0.05, 0.1) is 7.11 Å². The average Bonchev–Trinajstić information content (AvgIpc) is 2.45. The summed E-state index contributed by atoms with van der Waals surface area (Å²) in [5.41, 5.74) is 7.02. The number of benzene rings is 1. The summed E-state index contributed by atoms with van der Waals surface area (Å²) in [6, 6.07) is 9.18. The fourth-order valence-corrected chi connectivity index (χ4v) is 2.33. The Bertz CT molecular complexity index is 381. The zero-order valence-corrected chi connectivity index (χ0v) is 12.9. The predicted octanol–water partition coefficient (Wildman–Crippen LogP) is 2.54. The molecule has 1 aromatic rings. The highest BCUT2D eigenvalue weighted by atomic mass is 16.5. The van der Waals surface area contributed by atoms with E-state index in [1.807, 2.05) is 12.1 Å². The first-order chi connectivity index (χ1) is 9.01. The summed E-state index contributed by atoms with van der Waals surface area (Å²) < 4.78 is 5.42. The van der Waals surface area contributed by atoms with Crippen LogP contribution >= 0.6 is 0 Å². The van der Waals surface area contributed by atoms with E-state index in [0.717, 1.165) is 18.7 Å². The summed E-state index contributed by atoms with van der Waals surface area (Å²) in [4.78, 5) is 2.41. The Morgan fingerprint density at radius 3 is 2.42 bits per heavy atom. The molecule has 3 heteroatoms. The third-order valence-electron chi connectivity index (χ3n) is 4.24. The van der Waals surface area contributed by atoms with Crippen molar-refractivity contribution in [2.24, 2.45) is 11.7 Å². The second kappa shape index (κ2) is 7.51. The quantitative estimate of drug-likeness (QED) is 0.822. The number of ether oxygens (including phenoxy) is 1. The van der Waals surface area contributed by atoms with Crippen molar-refractivity contribution in [1.29, 1.82) is 0 Å². The summed E-state index contributed by atoms with van der Waals surface area (Å²) in [6.07, 6.45) is 0.988. The van der Waals surface area contributed by atoms with E-state index < -0.39 is 0 Å². The number of para-hydroxylation sites is 1. The third kappa shape index (κ3) is 4.22. The highest BCUT2D eigenvalue weighted by molar-refractivity contribution is 5.33. The molecule has 0 aromatic heterocycles. The van der Waals surface area contributed by atoms with Gasteiger partial charge in [0.1, 0.15) is 5.75 Å². The molecule has 0 bridgehead atoms. The largest absolute Gasteiger partial charge is 0.496 e. The van der Waals surface area contributed by atoms with E-state index in [0.29, 0.717) is 18.0 Å². The molecule has 1 rings (SSSR count). The van der Waals surface area contributed by atoms with Crippen LogP contribution < -0.4 is 10.5 Å². The van der Waals surface area contributed by atoms with Gasteiger partial charge in [0.25, 0.3) is 0 Å². The minimum absolute atomic E-state index is 0.459. The monoisotopic (exact) mass is 264 g/mol. The smallest absolute Gasteiger partial charge is 0.122 e. The molecule has 3 unspecified atom stereocenters. The van der Waals surface area contributed by atoms with Gasteiger partial charge in [-0.3, -0.25) is 0 Å². The molecule has 3 nitrogen and oxygen atoms in total. The van der Waals surface area contributed by atoms with Crippen LogP contribution in [0.5, 0.6) is 5.75 Å². The molecule has 0 aliphatic carbocycles. The molecule has 0 saturated heterocycles. The molecule has 0 aliphatic heterocycles. The third-order valence-corrected chi connectivity index (χ3v) is 4.24. The first-order valence-corrected chi connectivity index (χ1v) is 7.05. The lowest BCUT2D eigenvalue weighted by atomic mass is 9.98. The first-order valence-electron chi connectivity index (χ1n) is 7.05. The molecule has 3 atom stereocenters. The Labute approximate surface area is 117 Å². The van der Waals surface area contributed by atoms with Crippen LogP contribution in [0.25, 0.3) is 0 Å². The van der Waals surface area contributed by atoms with Crippen LogP contribution in [-0.2, 0) is 6.42 Å². The van der Waals surface area contributed by atoms with Crippen molar-refractivity contribution in [3.05, 3.63) is 29.8 Å². The van der Waals surface area contributed by atoms with Crippen molar-refractivity contribution in [2.75, 3.05) is 20.7 Å². The van der Waals surface area contributed by atoms with Crippen LogP contribution in [0.3, 0.4) is 0 Å². The minimum Gasteiger partial charge on any atom is -0.496 e. The predicted molar refractivity (Wildman–Crippen MR) is 81.6 cm³/mol. The van der Waals surface area contributed by atoms with Gasteiger partial charge in [-0.15, -0.1) is 0 Å². The molecular formula is C16H28N2O. The molecule has 2 N–H and O–H groups in total. The highest BCUT2D eigenvalue weighted by Gasteiger charge is 2.21. The Kier molecular flexibility index (Phi) is 6.32. The van der Waals surface area contributed by atoms with Crippen LogP contribution in [0.1, 0.15) is 26.3 Å². The number of hydrogen-bond acceptors (Lipinski definition) is 3. The van der Waals surface area contributed by atoms with Gasteiger partial charge in [-0.05, 0) is 51.4 Å². The summed E-state index contributed by atoms with van der Waals surface area (Å²) in [5, 5.41) is 0. The Morgan fingerprint density at radius 1 is 1.21 bits per heavy atom. The SMILES string of the molecule is COc1ccccc1CC(C)N(C)C(C)C(C)CN. The van der Waals surface area contributed by atoms with Crippen LogP contribution in [0, 0.1) is 5.92 Å². The maximum Gasteiger partial charge on any atom is 0.122 e. The van der Waals surface area contributed by atoms with Crippen molar-refractivity contribution in [2.45, 2.75) is 39.3 Å². The summed E-state index contributed by atoms with van der Waals surface area (Å²) in [5.74, 6) is 1.48. The summed E-state index contributed by atoms with van der Waals surface area (Å²) >= 11 is 0. The van der Waals surface area contributed by atoms with E-state index in [9.17, 15) is 0 Å². The van der Waals surface area contributed by atoms with E-state index >= 15 is 0 Å². The molecule has 0 aliphatic rings. The zero-order valence-electron chi connectivity index (χ0n) is 12.9. The molecular weight excluding hydrogens is 236 g/mol. The van der Waals surface area contributed by atoms with Gasteiger partial charge in [-0.1, -0.05) is 25.1 Å². The van der Waals surface area contributed by atoms with Crippen LogP contribution in [0.4, 0.5) is 0 Å². The van der Waals surface area contributed by atoms with Gasteiger partial charge >= 0.3 is 0 Å². The van der Waals surface area contributed by atoms with E-state index in [-0.39, 0.29) is 0 Å². The average molecular weight is 264 g/mol.